The van der Waals surface area contributed by atoms with Crippen molar-refractivity contribution in [3.63, 3.8) is 0 Å². The number of carbonyl (C=O) groups excluding carboxylic acids is 1. The number of hydrogen-bond acceptors (Lipinski definition) is 4. The fourth-order valence-electron chi connectivity index (χ4n) is 1.55. The quantitative estimate of drug-likeness (QED) is 0.838. The Balaban J connectivity index is 1.83. The van der Waals surface area contributed by atoms with E-state index in [9.17, 15) is 4.79 Å². The number of aromatic nitrogens is 3. The number of benzene rings is 1. The second-order valence-electron chi connectivity index (χ2n) is 4.33. The van der Waals surface area contributed by atoms with Gasteiger partial charge in [0.2, 0.25) is 5.91 Å². The average Bonchev–Trinajstić information content (AvgIpc) is 2.83. The van der Waals surface area contributed by atoms with Crippen molar-refractivity contribution in [3.8, 4) is 0 Å². The van der Waals surface area contributed by atoms with Gasteiger partial charge in [-0.3, -0.25) is 9.89 Å². The van der Waals surface area contributed by atoms with E-state index in [2.05, 4.69) is 31.1 Å². The third-order valence-electron chi connectivity index (χ3n) is 2.62. The summed E-state index contributed by atoms with van der Waals surface area (Å²) >= 11 is 4.91. The Kier molecular flexibility index (Phi) is 5.19. The zero-order chi connectivity index (χ0) is 14.5. The van der Waals surface area contributed by atoms with Gasteiger partial charge in [-0.25, -0.2) is 4.98 Å². The van der Waals surface area contributed by atoms with Crippen molar-refractivity contribution >= 4 is 33.6 Å². The standard InChI is InChI=1S/C13H15BrN4OS/c1-9-15-12(17-16-9)7-18(2)13(19)8-20-11-5-3-10(14)4-6-11/h3-6H,7-8H2,1-2H3,(H,15,16,17). The van der Waals surface area contributed by atoms with Crippen molar-refractivity contribution in [2.45, 2.75) is 18.4 Å². The van der Waals surface area contributed by atoms with E-state index in [4.69, 9.17) is 0 Å². The van der Waals surface area contributed by atoms with Gasteiger partial charge in [-0.1, -0.05) is 15.9 Å². The van der Waals surface area contributed by atoms with E-state index in [1.165, 1.54) is 11.8 Å². The lowest BCUT2D eigenvalue weighted by atomic mass is 10.4. The van der Waals surface area contributed by atoms with Gasteiger partial charge in [-0.2, -0.15) is 5.10 Å². The van der Waals surface area contributed by atoms with Crippen LogP contribution >= 0.6 is 27.7 Å². The Morgan fingerprint density at radius 3 is 2.70 bits per heavy atom. The van der Waals surface area contributed by atoms with Crippen LogP contribution < -0.4 is 0 Å². The van der Waals surface area contributed by atoms with Crippen molar-refractivity contribution in [1.29, 1.82) is 0 Å². The van der Waals surface area contributed by atoms with Gasteiger partial charge in [0, 0.05) is 16.4 Å². The number of thioether (sulfide) groups is 1. The number of amides is 1. The smallest absolute Gasteiger partial charge is 0.233 e. The molecule has 7 heteroatoms. The molecule has 0 radical (unpaired) electrons. The summed E-state index contributed by atoms with van der Waals surface area (Å²) in [4.78, 5) is 18.9. The fraction of sp³-hybridized carbons (Fsp3) is 0.308. The minimum atomic E-state index is 0.0559. The maximum absolute atomic E-state index is 12.0. The molecule has 0 saturated heterocycles. The minimum absolute atomic E-state index is 0.0559. The summed E-state index contributed by atoms with van der Waals surface area (Å²) in [6, 6.07) is 7.90. The molecule has 0 aliphatic rings. The second kappa shape index (κ2) is 6.90. The van der Waals surface area contributed by atoms with E-state index in [1.807, 2.05) is 31.2 Å². The van der Waals surface area contributed by atoms with E-state index < -0.39 is 0 Å². The maximum atomic E-state index is 12.0. The van der Waals surface area contributed by atoms with Crippen molar-refractivity contribution in [1.82, 2.24) is 20.1 Å². The maximum Gasteiger partial charge on any atom is 0.233 e. The average molecular weight is 355 g/mol. The Morgan fingerprint density at radius 1 is 1.40 bits per heavy atom. The number of rotatable bonds is 5. The molecule has 0 unspecified atom stereocenters. The number of halogens is 1. The monoisotopic (exact) mass is 354 g/mol. The van der Waals surface area contributed by atoms with Crippen LogP contribution in [0.4, 0.5) is 0 Å². The topological polar surface area (TPSA) is 61.9 Å². The molecule has 0 bridgehead atoms. The highest BCUT2D eigenvalue weighted by atomic mass is 79.9. The molecule has 1 aromatic carbocycles. The third kappa shape index (κ3) is 4.35. The zero-order valence-electron chi connectivity index (χ0n) is 11.3. The molecule has 0 aliphatic carbocycles. The van der Waals surface area contributed by atoms with Gasteiger partial charge in [0.25, 0.3) is 0 Å². The number of nitrogens with zero attached hydrogens (tertiary/aromatic N) is 3. The highest BCUT2D eigenvalue weighted by Crippen LogP contribution is 2.20. The molecular formula is C13H15BrN4OS. The van der Waals surface area contributed by atoms with Crippen LogP contribution in [0.5, 0.6) is 0 Å². The van der Waals surface area contributed by atoms with Gasteiger partial charge in [0.15, 0.2) is 5.82 Å². The van der Waals surface area contributed by atoms with Gasteiger partial charge >= 0.3 is 0 Å². The highest BCUT2D eigenvalue weighted by molar-refractivity contribution is 9.10. The van der Waals surface area contributed by atoms with Crippen LogP contribution in [0.15, 0.2) is 33.6 Å². The Labute approximate surface area is 130 Å². The molecule has 0 atom stereocenters. The Morgan fingerprint density at radius 2 is 2.10 bits per heavy atom. The zero-order valence-corrected chi connectivity index (χ0v) is 13.7. The first-order valence-corrected chi connectivity index (χ1v) is 7.82. The molecule has 0 aliphatic heterocycles. The summed E-state index contributed by atoms with van der Waals surface area (Å²) < 4.78 is 1.03. The lowest BCUT2D eigenvalue weighted by molar-refractivity contribution is -0.127. The summed E-state index contributed by atoms with van der Waals surface area (Å²) in [5.74, 6) is 1.85. The summed E-state index contributed by atoms with van der Waals surface area (Å²) in [6.07, 6.45) is 0. The van der Waals surface area contributed by atoms with Gasteiger partial charge in [-0.05, 0) is 31.2 Å². The molecule has 0 spiro atoms. The summed E-state index contributed by atoms with van der Waals surface area (Å²) in [6.45, 7) is 2.26. The van der Waals surface area contributed by atoms with Gasteiger partial charge in [0.1, 0.15) is 5.82 Å². The molecule has 0 fully saturated rings. The highest BCUT2D eigenvalue weighted by Gasteiger charge is 2.12. The van der Waals surface area contributed by atoms with E-state index in [0.29, 0.717) is 18.1 Å². The number of carbonyl (C=O) groups is 1. The Bertz CT molecular complexity index is 584. The van der Waals surface area contributed by atoms with Crippen LogP contribution in [0.3, 0.4) is 0 Å². The molecule has 5 nitrogen and oxygen atoms in total. The van der Waals surface area contributed by atoms with E-state index in [0.717, 1.165) is 15.2 Å². The lowest BCUT2D eigenvalue weighted by Gasteiger charge is -2.14. The molecule has 0 saturated carbocycles. The molecule has 1 heterocycles. The summed E-state index contributed by atoms with van der Waals surface area (Å²) in [7, 11) is 1.76. The molecular weight excluding hydrogens is 340 g/mol. The largest absolute Gasteiger partial charge is 0.337 e. The fourth-order valence-corrected chi connectivity index (χ4v) is 2.65. The first kappa shape index (κ1) is 15.1. The van der Waals surface area contributed by atoms with Crippen molar-refractivity contribution in [2.75, 3.05) is 12.8 Å². The molecule has 2 aromatic rings. The number of nitrogens with one attached hydrogen (secondary N) is 1. The summed E-state index contributed by atoms with van der Waals surface area (Å²) in [5.41, 5.74) is 0. The number of aryl methyl sites for hydroxylation is 1. The van der Waals surface area contributed by atoms with Gasteiger partial charge < -0.3 is 4.90 Å². The lowest BCUT2D eigenvalue weighted by Crippen LogP contribution is -2.28. The number of aromatic amines is 1. The van der Waals surface area contributed by atoms with Crippen LogP contribution in [0.25, 0.3) is 0 Å². The molecule has 1 N–H and O–H groups in total. The SMILES string of the molecule is Cc1nc(CN(C)C(=O)CSc2ccc(Br)cc2)n[nH]1. The van der Waals surface area contributed by atoms with Crippen LogP contribution in [-0.4, -0.2) is 38.8 Å². The van der Waals surface area contributed by atoms with E-state index >= 15 is 0 Å². The van der Waals surface area contributed by atoms with Crippen molar-refractivity contribution < 1.29 is 4.79 Å². The van der Waals surface area contributed by atoms with Crippen LogP contribution in [0.2, 0.25) is 0 Å². The number of H-pyrrole nitrogens is 1. The molecule has 2 rings (SSSR count). The first-order valence-electron chi connectivity index (χ1n) is 6.05. The number of hydrogen-bond donors (Lipinski definition) is 1. The molecule has 1 amide bonds. The van der Waals surface area contributed by atoms with Crippen molar-refractivity contribution in [3.05, 3.63) is 40.4 Å². The first-order chi connectivity index (χ1) is 9.54. The van der Waals surface area contributed by atoms with Crippen LogP contribution in [0, 0.1) is 6.92 Å². The predicted molar refractivity (Wildman–Crippen MR) is 82.5 cm³/mol. The second-order valence-corrected chi connectivity index (χ2v) is 6.29. The minimum Gasteiger partial charge on any atom is -0.337 e. The molecule has 20 heavy (non-hydrogen) atoms. The van der Waals surface area contributed by atoms with Crippen molar-refractivity contribution in [2.24, 2.45) is 0 Å². The third-order valence-corrected chi connectivity index (χ3v) is 4.15. The predicted octanol–water partition coefficient (Wildman–Crippen LogP) is 2.63. The van der Waals surface area contributed by atoms with Crippen LogP contribution in [-0.2, 0) is 11.3 Å². The Hall–Kier alpha value is -1.34. The normalized spacial score (nSPS) is 10.6. The molecule has 106 valence electrons. The van der Waals surface area contributed by atoms with E-state index in [-0.39, 0.29) is 5.91 Å². The van der Waals surface area contributed by atoms with Gasteiger partial charge in [0.05, 0.1) is 12.3 Å². The summed E-state index contributed by atoms with van der Waals surface area (Å²) in [5, 5.41) is 6.79. The molecule has 1 aromatic heterocycles. The van der Waals surface area contributed by atoms with E-state index in [1.54, 1.807) is 11.9 Å². The van der Waals surface area contributed by atoms with Gasteiger partial charge in [-0.15, -0.1) is 11.8 Å². The van der Waals surface area contributed by atoms with Crippen LogP contribution in [0.1, 0.15) is 11.6 Å².